The number of nitrogens with zero attached hydrogens (tertiary/aromatic N) is 2. The summed E-state index contributed by atoms with van der Waals surface area (Å²) in [6, 6.07) is 13.4. The van der Waals surface area contributed by atoms with Gasteiger partial charge in [-0.1, -0.05) is 36.2 Å². The van der Waals surface area contributed by atoms with Gasteiger partial charge in [0.15, 0.2) is 0 Å². The van der Waals surface area contributed by atoms with Crippen LogP contribution in [0.2, 0.25) is 0 Å². The first-order valence-electron chi connectivity index (χ1n) is 10.3. The average molecular weight is 392 g/mol. The smallest absolute Gasteiger partial charge is 0.260 e. The molecule has 0 aliphatic carbocycles. The van der Waals surface area contributed by atoms with Gasteiger partial charge in [-0.05, 0) is 63.5 Å². The van der Waals surface area contributed by atoms with Gasteiger partial charge in [0.2, 0.25) is 0 Å². The van der Waals surface area contributed by atoms with Gasteiger partial charge in [-0.2, -0.15) is 0 Å². The second-order valence-corrected chi connectivity index (χ2v) is 7.97. The van der Waals surface area contributed by atoms with Crippen LogP contribution in [0.25, 0.3) is 0 Å². The first kappa shape index (κ1) is 19.5. The first-order valence-corrected chi connectivity index (χ1v) is 10.3. The molecule has 1 atom stereocenters. The number of rotatable bonds is 5. The molecule has 0 spiro atoms. The number of benzene rings is 1. The fourth-order valence-corrected chi connectivity index (χ4v) is 4.27. The number of furan rings is 1. The minimum atomic E-state index is -0.258. The predicted octanol–water partition coefficient (Wildman–Crippen LogP) is 4.39. The standard InChI is InChI=1S/C24H28N2O3/c1-17-8-10-19(11-9-17)23(25-12-4-3-5-13-25)22-21(27)15-18(2)26(24(22)28)16-20-7-6-14-29-20/h6-11,14-15,23,27H,3-5,12-13,16H2,1-2H3/t23-/m0/s1. The van der Waals surface area contributed by atoms with Crippen molar-refractivity contribution in [3.63, 3.8) is 0 Å². The van der Waals surface area contributed by atoms with Crippen molar-refractivity contribution in [1.29, 1.82) is 0 Å². The molecule has 1 fully saturated rings. The van der Waals surface area contributed by atoms with E-state index in [1.165, 1.54) is 12.0 Å². The van der Waals surface area contributed by atoms with E-state index in [2.05, 4.69) is 36.1 Å². The normalized spacial score (nSPS) is 16.1. The second kappa shape index (κ2) is 8.29. The molecule has 1 aromatic carbocycles. The van der Waals surface area contributed by atoms with E-state index in [0.29, 0.717) is 17.8 Å². The van der Waals surface area contributed by atoms with Gasteiger partial charge < -0.3 is 14.1 Å². The summed E-state index contributed by atoms with van der Waals surface area (Å²) >= 11 is 0. The largest absolute Gasteiger partial charge is 0.507 e. The Morgan fingerprint density at radius 3 is 2.45 bits per heavy atom. The third kappa shape index (κ3) is 4.01. The van der Waals surface area contributed by atoms with Crippen LogP contribution in [0.4, 0.5) is 0 Å². The van der Waals surface area contributed by atoms with E-state index in [4.69, 9.17) is 4.42 Å². The number of pyridine rings is 1. The van der Waals surface area contributed by atoms with E-state index in [1.54, 1.807) is 16.9 Å². The van der Waals surface area contributed by atoms with Crippen molar-refractivity contribution >= 4 is 0 Å². The zero-order chi connectivity index (χ0) is 20.4. The molecule has 0 saturated carbocycles. The number of hydrogen-bond acceptors (Lipinski definition) is 4. The summed E-state index contributed by atoms with van der Waals surface area (Å²) in [6.45, 7) is 6.09. The fourth-order valence-electron chi connectivity index (χ4n) is 4.27. The molecule has 1 saturated heterocycles. The van der Waals surface area contributed by atoms with Crippen LogP contribution >= 0.6 is 0 Å². The lowest BCUT2D eigenvalue weighted by Gasteiger charge is -2.35. The maximum absolute atomic E-state index is 13.6. The van der Waals surface area contributed by atoms with Crippen LogP contribution in [0.15, 0.2) is 57.9 Å². The third-order valence-corrected chi connectivity index (χ3v) is 5.84. The lowest BCUT2D eigenvalue weighted by Crippen LogP contribution is -2.38. The van der Waals surface area contributed by atoms with E-state index in [9.17, 15) is 9.90 Å². The van der Waals surface area contributed by atoms with Crippen molar-refractivity contribution < 1.29 is 9.52 Å². The molecule has 3 aromatic rings. The molecule has 1 aliphatic heterocycles. The number of likely N-dealkylation sites (tertiary alicyclic amines) is 1. The Kier molecular flexibility index (Phi) is 5.58. The summed E-state index contributed by atoms with van der Waals surface area (Å²) in [5, 5.41) is 10.9. The highest BCUT2D eigenvalue weighted by Crippen LogP contribution is 2.34. The third-order valence-electron chi connectivity index (χ3n) is 5.84. The molecule has 3 heterocycles. The summed E-state index contributed by atoms with van der Waals surface area (Å²) in [5.74, 6) is 0.788. The van der Waals surface area contributed by atoms with Gasteiger partial charge in [0.25, 0.3) is 5.56 Å². The molecule has 29 heavy (non-hydrogen) atoms. The highest BCUT2D eigenvalue weighted by Gasteiger charge is 2.30. The topological polar surface area (TPSA) is 58.6 Å². The van der Waals surface area contributed by atoms with Crippen molar-refractivity contribution in [1.82, 2.24) is 9.47 Å². The van der Waals surface area contributed by atoms with Gasteiger partial charge in [0, 0.05) is 5.69 Å². The van der Waals surface area contributed by atoms with E-state index < -0.39 is 0 Å². The zero-order valence-corrected chi connectivity index (χ0v) is 17.1. The molecule has 2 aromatic heterocycles. The minimum Gasteiger partial charge on any atom is -0.507 e. The van der Waals surface area contributed by atoms with Crippen molar-refractivity contribution in [2.75, 3.05) is 13.1 Å². The lowest BCUT2D eigenvalue weighted by molar-refractivity contribution is 0.183. The Morgan fingerprint density at radius 1 is 1.07 bits per heavy atom. The molecule has 0 unspecified atom stereocenters. The molecule has 152 valence electrons. The van der Waals surface area contributed by atoms with Gasteiger partial charge in [-0.15, -0.1) is 0 Å². The minimum absolute atomic E-state index is 0.0688. The number of hydrogen-bond donors (Lipinski definition) is 1. The van der Waals surface area contributed by atoms with Gasteiger partial charge >= 0.3 is 0 Å². The molecule has 0 radical (unpaired) electrons. The zero-order valence-electron chi connectivity index (χ0n) is 17.1. The van der Waals surface area contributed by atoms with Gasteiger partial charge in [0.05, 0.1) is 24.4 Å². The molecule has 4 rings (SSSR count). The Morgan fingerprint density at radius 2 is 1.79 bits per heavy atom. The Labute approximate surface area is 171 Å². The summed E-state index contributed by atoms with van der Waals surface area (Å²) in [4.78, 5) is 15.9. The van der Waals surface area contributed by atoms with Crippen LogP contribution in [0, 0.1) is 13.8 Å². The predicted molar refractivity (Wildman–Crippen MR) is 113 cm³/mol. The number of aromatic hydroxyl groups is 1. The summed E-state index contributed by atoms with van der Waals surface area (Å²) in [6.07, 6.45) is 5.03. The van der Waals surface area contributed by atoms with Gasteiger partial charge in [-0.25, -0.2) is 0 Å². The van der Waals surface area contributed by atoms with Crippen molar-refractivity contribution in [3.8, 4) is 5.75 Å². The van der Waals surface area contributed by atoms with Crippen LogP contribution in [0.3, 0.4) is 0 Å². The van der Waals surface area contributed by atoms with Gasteiger partial charge in [0.1, 0.15) is 11.5 Å². The van der Waals surface area contributed by atoms with Crippen molar-refractivity contribution in [2.45, 2.75) is 45.7 Å². The van der Waals surface area contributed by atoms with Crippen molar-refractivity contribution in [3.05, 3.63) is 87.2 Å². The highest BCUT2D eigenvalue weighted by atomic mass is 16.3. The van der Waals surface area contributed by atoms with Crippen LogP contribution in [-0.2, 0) is 6.54 Å². The molecule has 5 heteroatoms. The average Bonchev–Trinajstić information content (AvgIpc) is 3.23. The number of aryl methyl sites for hydroxylation is 2. The molecule has 5 nitrogen and oxygen atoms in total. The van der Waals surface area contributed by atoms with E-state index in [1.807, 2.05) is 19.1 Å². The van der Waals surface area contributed by atoms with Crippen LogP contribution in [0.5, 0.6) is 5.75 Å². The van der Waals surface area contributed by atoms with Crippen molar-refractivity contribution in [2.24, 2.45) is 0 Å². The molecule has 0 amide bonds. The summed E-state index contributed by atoms with van der Waals surface area (Å²) in [5.41, 5.74) is 3.23. The molecule has 1 N–H and O–H groups in total. The second-order valence-electron chi connectivity index (χ2n) is 7.97. The van der Waals surface area contributed by atoms with Crippen LogP contribution in [0.1, 0.15) is 53.4 Å². The molecule has 1 aliphatic rings. The van der Waals surface area contributed by atoms with Crippen LogP contribution in [-0.4, -0.2) is 27.7 Å². The first-order chi connectivity index (χ1) is 14.0. The quantitative estimate of drug-likeness (QED) is 0.700. The van der Waals surface area contributed by atoms with E-state index in [-0.39, 0.29) is 17.4 Å². The number of aromatic nitrogens is 1. The molecular formula is C24H28N2O3. The highest BCUT2D eigenvalue weighted by molar-refractivity contribution is 5.41. The Bertz CT molecular complexity index is 1010. The summed E-state index contributed by atoms with van der Waals surface area (Å²) in [7, 11) is 0. The Hall–Kier alpha value is -2.79. The van der Waals surface area contributed by atoms with Gasteiger partial charge in [-0.3, -0.25) is 9.69 Å². The van der Waals surface area contributed by atoms with E-state index in [0.717, 1.165) is 37.3 Å². The SMILES string of the molecule is Cc1ccc([C@@H](c2c(O)cc(C)n(Cc3ccco3)c2=O)N2CCCCC2)cc1. The monoisotopic (exact) mass is 392 g/mol. The fraction of sp³-hybridized carbons (Fsp3) is 0.375. The van der Waals surface area contributed by atoms with E-state index >= 15 is 0 Å². The summed E-state index contributed by atoms with van der Waals surface area (Å²) < 4.78 is 7.15. The molecular weight excluding hydrogens is 364 g/mol. The van der Waals surface area contributed by atoms with Crippen LogP contribution < -0.4 is 5.56 Å². The Balaban J connectivity index is 1.85. The maximum Gasteiger partial charge on any atom is 0.260 e. The lowest BCUT2D eigenvalue weighted by atomic mass is 9.94. The maximum atomic E-state index is 13.6. The molecule has 0 bridgehead atoms. The number of piperidine rings is 1.